The summed E-state index contributed by atoms with van der Waals surface area (Å²) in [4.78, 5) is 11.9. The van der Waals surface area contributed by atoms with Gasteiger partial charge in [-0.3, -0.25) is 4.79 Å². The molecule has 0 saturated carbocycles. The van der Waals surface area contributed by atoms with E-state index in [-0.39, 0.29) is 5.97 Å². The van der Waals surface area contributed by atoms with Crippen molar-refractivity contribution in [1.82, 2.24) is 0 Å². The van der Waals surface area contributed by atoms with Gasteiger partial charge in [-0.2, -0.15) is 0 Å². The van der Waals surface area contributed by atoms with Gasteiger partial charge in [0.05, 0.1) is 6.61 Å². The highest BCUT2D eigenvalue weighted by atomic mass is 16.5. The first kappa shape index (κ1) is 36.2. The van der Waals surface area contributed by atoms with Crippen molar-refractivity contribution in [3.63, 3.8) is 0 Å². The van der Waals surface area contributed by atoms with Crippen molar-refractivity contribution in [3.8, 4) is 0 Å². The van der Waals surface area contributed by atoms with Crippen LogP contribution in [-0.4, -0.2) is 12.6 Å². The van der Waals surface area contributed by atoms with Gasteiger partial charge in [0.25, 0.3) is 0 Å². The number of carbonyl (C=O) groups is 1. The van der Waals surface area contributed by atoms with Gasteiger partial charge >= 0.3 is 5.97 Å². The van der Waals surface area contributed by atoms with Crippen LogP contribution in [0.15, 0.2) is 12.2 Å². The number of unbranched alkanes of at least 4 members (excludes halogenated alkanes) is 25. The number of ether oxygens (including phenoxy) is 1. The Balaban J connectivity index is 3.18. The number of rotatable bonds is 31. The molecule has 0 amide bonds. The van der Waals surface area contributed by atoms with E-state index in [1.54, 1.807) is 0 Å². The second-order valence-electron chi connectivity index (χ2n) is 11.5. The van der Waals surface area contributed by atoms with Crippen LogP contribution in [0.1, 0.15) is 200 Å². The minimum absolute atomic E-state index is 0.0214. The van der Waals surface area contributed by atoms with Gasteiger partial charge in [-0.15, -0.1) is 0 Å². The summed E-state index contributed by atoms with van der Waals surface area (Å²) in [6.07, 6.45) is 42.7. The minimum Gasteiger partial charge on any atom is -0.466 e. The molecule has 2 nitrogen and oxygen atoms in total. The summed E-state index contributed by atoms with van der Waals surface area (Å²) in [6, 6.07) is 0. The Labute approximate surface area is 234 Å². The molecule has 2 heteroatoms. The van der Waals surface area contributed by atoms with Crippen LogP contribution in [0.3, 0.4) is 0 Å². The van der Waals surface area contributed by atoms with E-state index in [2.05, 4.69) is 26.0 Å². The van der Waals surface area contributed by atoms with Gasteiger partial charge in [-0.1, -0.05) is 167 Å². The van der Waals surface area contributed by atoms with E-state index in [1.807, 2.05) is 0 Å². The van der Waals surface area contributed by atoms with Gasteiger partial charge in [-0.25, -0.2) is 0 Å². The lowest BCUT2D eigenvalue weighted by Crippen LogP contribution is -2.05. The molecule has 0 bridgehead atoms. The highest BCUT2D eigenvalue weighted by Crippen LogP contribution is 2.14. The molecule has 0 fully saturated rings. The van der Waals surface area contributed by atoms with Crippen molar-refractivity contribution in [2.45, 2.75) is 200 Å². The molecule has 0 aliphatic heterocycles. The SMILES string of the molecule is CCCCCCCC/C=C\CCCCCCCCCCCC(=O)OCCCCCCCCCCCCC. The first-order valence-corrected chi connectivity index (χ1v) is 17.1. The van der Waals surface area contributed by atoms with E-state index >= 15 is 0 Å². The summed E-state index contributed by atoms with van der Waals surface area (Å²) in [6.45, 7) is 5.19. The average molecular weight is 521 g/mol. The molecule has 0 spiro atoms. The van der Waals surface area contributed by atoms with Gasteiger partial charge in [-0.05, 0) is 38.5 Å². The van der Waals surface area contributed by atoms with Crippen LogP contribution in [0.25, 0.3) is 0 Å². The van der Waals surface area contributed by atoms with Crippen LogP contribution in [0.2, 0.25) is 0 Å². The van der Waals surface area contributed by atoms with E-state index in [4.69, 9.17) is 4.74 Å². The molecule has 0 saturated heterocycles. The molecule has 0 N–H and O–H groups in total. The number of carbonyl (C=O) groups excluding carboxylic acids is 1. The predicted octanol–water partition coefficient (Wildman–Crippen LogP) is 12.4. The van der Waals surface area contributed by atoms with Crippen molar-refractivity contribution in [3.05, 3.63) is 12.2 Å². The van der Waals surface area contributed by atoms with Crippen molar-refractivity contribution in [2.75, 3.05) is 6.61 Å². The minimum atomic E-state index is 0.0214. The predicted molar refractivity (Wildman–Crippen MR) is 165 cm³/mol. The van der Waals surface area contributed by atoms with E-state index in [0.717, 1.165) is 12.8 Å². The number of hydrogen-bond acceptors (Lipinski definition) is 2. The van der Waals surface area contributed by atoms with Crippen LogP contribution in [0.4, 0.5) is 0 Å². The largest absolute Gasteiger partial charge is 0.466 e. The second-order valence-corrected chi connectivity index (χ2v) is 11.5. The van der Waals surface area contributed by atoms with Gasteiger partial charge in [0.1, 0.15) is 0 Å². The Hall–Kier alpha value is -0.790. The van der Waals surface area contributed by atoms with Crippen LogP contribution in [0, 0.1) is 0 Å². The van der Waals surface area contributed by atoms with Crippen LogP contribution in [0.5, 0.6) is 0 Å². The smallest absolute Gasteiger partial charge is 0.305 e. The molecule has 0 heterocycles. The maximum absolute atomic E-state index is 11.9. The highest BCUT2D eigenvalue weighted by Gasteiger charge is 2.02. The molecule has 0 aromatic carbocycles. The lowest BCUT2D eigenvalue weighted by Gasteiger charge is -2.06. The van der Waals surface area contributed by atoms with Crippen molar-refractivity contribution < 1.29 is 9.53 Å². The molecule has 37 heavy (non-hydrogen) atoms. The fraction of sp³-hybridized carbons (Fsp3) is 0.914. The molecular weight excluding hydrogens is 452 g/mol. The summed E-state index contributed by atoms with van der Waals surface area (Å²) < 4.78 is 5.42. The third-order valence-electron chi connectivity index (χ3n) is 7.65. The molecular formula is C35H68O2. The van der Waals surface area contributed by atoms with Crippen molar-refractivity contribution in [2.24, 2.45) is 0 Å². The monoisotopic (exact) mass is 521 g/mol. The van der Waals surface area contributed by atoms with Gasteiger partial charge < -0.3 is 4.74 Å². The highest BCUT2D eigenvalue weighted by molar-refractivity contribution is 5.69. The normalized spacial score (nSPS) is 11.5. The van der Waals surface area contributed by atoms with Crippen LogP contribution in [-0.2, 0) is 9.53 Å². The lowest BCUT2D eigenvalue weighted by atomic mass is 10.1. The number of hydrogen-bond donors (Lipinski definition) is 0. The molecule has 220 valence electrons. The Kier molecular flexibility index (Phi) is 32.5. The van der Waals surface area contributed by atoms with E-state index in [0.29, 0.717) is 13.0 Å². The summed E-state index contributed by atoms with van der Waals surface area (Å²) >= 11 is 0. The zero-order chi connectivity index (χ0) is 26.9. The van der Waals surface area contributed by atoms with Crippen molar-refractivity contribution in [1.29, 1.82) is 0 Å². The first-order chi connectivity index (χ1) is 18.3. The molecule has 0 aromatic heterocycles. The number of esters is 1. The summed E-state index contributed by atoms with van der Waals surface area (Å²) in [5, 5.41) is 0. The van der Waals surface area contributed by atoms with Gasteiger partial charge in [0.15, 0.2) is 0 Å². The lowest BCUT2D eigenvalue weighted by molar-refractivity contribution is -0.143. The molecule has 0 rings (SSSR count). The fourth-order valence-electron chi connectivity index (χ4n) is 5.07. The summed E-state index contributed by atoms with van der Waals surface area (Å²) in [5.41, 5.74) is 0. The summed E-state index contributed by atoms with van der Waals surface area (Å²) in [5.74, 6) is 0.0214. The van der Waals surface area contributed by atoms with Gasteiger partial charge in [0, 0.05) is 6.42 Å². The van der Waals surface area contributed by atoms with Crippen LogP contribution >= 0.6 is 0 Å². The molecule has 0 aliphatic rings. The third-order valence-corrected chi connectivity index (χ3v) is 7.65. The van der Waals surface area contributed by atoms with Crippen molar-refractivity contribution >= 4 is 5.97 Å². The third kappa shape index (κ3) is 33.2. The molecule has 0 atom stereocenters. The average Bonchev–Trinajstić information content (AvgIpc) is 2.90. The van der Waals surface area contributed by atoms with E-state index in [9.17, 15) is 4.79 Å². The Morgan fingerprint density at radius 2 is 0.757 bits per heavy atom. The molecule has 0 radical (unpaired) electrons. The molecule has 0 aromatic rings. The molecule has 0 aliphatic carbocycles. The maximum atomic E-state index is 11.9. The Morgan fingerprint density at radius 1 is 0.432 bits per heavy atom. The van der Waals surface area contributed by atoms with E-state index in [1.165, 1.54) is 167 Å². The fourth-order valence-corrected chi connectivity index (χ4v) is 5.07. The zero-order valence-electron chi connectivity index (χ0n) is 25.7. The quantitative estimate of drug-likeness (QED) is 0.0516. The second kappa shape index (κ2) is 33.2. The Morgan fingerprint density at radius 3 is 1.16 bits per heavy atom. The zero-order valence-corrected chi connectivity index (χ0v) is 25.7. The summed E-state index contributed by atoms with van der Waals surface area (Å²) in [7, 11) is 0. The molecule has 0 unspecified atom stereocenters. The van der Waals surface area contributed by atoms with Crippen LogP contribution < -0.4 is 0 Å². The Bertz CT molecular complexity index is 456. The maximum Gasteiger partial charge on any atom is 0.305 e. The van der Waals surface area contributed by atoms with Gasteiger partial charge in [0.2, 0.25) is 0 Å². The van der Waals surface area contributed by atoms with E-state index < -0.39 is 0 Å². The standard InChI is InChI=1S/C35H68O2/c1-3-5-7-9-11-13-15-16-17-18-19-20-21-22-23-25-27-29-31-33-35(36)37-34-32-30-28-26-24-14-12-10-8-6-4-2/h16-17H,3-15,18-34H2,1-2H3/b17-16-. The first-order valence-electron chi connectivity index (χ1n) is 17.1. The number of allylic oxidation sites excluding steroid dienone is 2. The topological polar surface area (TPSA) is 26.3 Å².